The molecule has 0 saturated carbocycles. The number of nitrogens with one attached hydrogen (secondary N) is 1. The molecule has 0 unspecified atom stereocenters. The Bertz CT molecular complexity index is 892. The van der Waals surface area contributed by atoms with Crippen LogP contribution in [0.5, 0.6) is 5.75 Å². The Morgan fingerprint density at radius 1 is 1.13 bits per heavy atom. The molecule has 0 aromatic heterocycles. The minimum Gasteiger partial charge on any atom is -0.496 e. The van der Waals surface area contributed by atoms with Crippen LogP contribution in [0.3, 0.4) is 0 Å². The van der Waals surface area contributed by atoms with Crippen LogP contribution < -0.4 is 10.1 Å². The van der Waals surface area contributed by atoms with Crippen LogP contribution in [0.25, 0.3) is 0 Å². The van der Waals surface area contributed by atoms with Crippen LogP contribution in [0.15, 0.2) is 42.5 Å². The Hall–Kier alpha value is -2.73. The summed E-state index contributed by atoms with van der Waals surface area (Å²) in [6.45, 7) is 4.29. The summed E-state index contributed by atoms with van der Waals surface area (Å²) in [4.78, 5) is 26.4. The van der Waals surface area contributed by atoms with Gasteiger partial charge >= 0.3 is 0 Å². The SMILES string of the molecule is COc1ccc(C(C)=O)cc1CN1CCC(C(=O)NCCc2ccccc2F)CC1. The Morgan fingerprint density at radius 2 is 1.87 bits per heavy atom. The van der Waals surface area contributed by atoms with Gasteiger partial charge in [0.1, 0.15) is 11.6 Å². The van der Waals surface area contributed by atoms with Crippen LogP contribution in [0.1, 0.15) is 41.3 Å². The number of hydrogen-bond acceptors (Lipinski definition) is 4. The predicted octanol–water partition coefficient (Wildman–Crippen LogP) is 3.61. The molecule has 2 aromatic rings. The lowest BCUT2D eigenvalue weighted by Crippen LogP contribution is -2.40. The van der Waals surface area contributed by atoms with E-state index in [2.05, 4.69) is 10.2 Å². The van der Waals surface area contributed by atoms with Crippen LogP contribution in [0, 0.1) is 11.7 Å². The van der Waals surface area contributed by atoms with Gasteiger partial charge in [-0.05, 0) is 69.1 Å². The van der Waals surface area contributed by atoms with Crippen molar-refractivity contribution in [3.05, 3.63) is 65.0 Å². The summed E-state index contributed by atoms with van der Waals surface area (Å²) in [6.07, 6.45) is 2.05. The molecular formula is C24H29FN2O3. The van der Waals surface area contributed by atoms with E-state index >= 15 is 0 Å². The average molecular weight is 413 g/mol. The number of methoxy groups -OCH3 is 1. The van der Waals surface area contributed by atoms with Crippen molar-refractivity contribution in [2.75, 3.05) is 26.7 Å². The number of carbonyl (C=O) groups excluding carboxylic acids is 2. The molecule has 0 radical (unpaired) electrons. The van der Waals surface area contributed by atoms with Crippen LogP contribution in [-0.2, 0) is 17.8 Å². The van der Waals surface area contributed by atoms with Crippen molar-refractivity contribution in [1.29, 1.82) is 0 Å². The molecule has 30 heavy (non-hydrogen) atoms. The number of benzene rings is 2. The van der Waals surface area contributed by atoms with E-state index in [1.165, 1.54) is 6.07 Å². The summed E-state index contributed by atoms with van der Waals surface area (Å²) in [5.41, 5.74) is 2.28. The number of nitrogens with zero attached hydrogens (tertiary/aromatic N) is 1. The van der Waals surface area contributed by atoms with Gasteiger partial charge in [-0.15, -0.1) is 0 Å². The number of piperidine rings is 1. The molecule has 1 heterocycles. The van der Waals surface area contributed by atoms with Crippen LogP contribution in [-0.4, -0.2) is 43.3 Å². The summed E-state index contributed by atoms with van der Waals surface area (Å²) in [7, 11) is 1.63. The molecule has 160 valence electrons. The highest BCUT2D eigenvalue weighted by molar-refractivity contribution is 5.94. The maximum atomic E-state index is 13.7. The van der Waals surface area contributed by atoms with E-state index in [9.17, 15) is 14.0 Å². The first-order chi connectivity index (χ1) is 14.5. The van der Waals surface area contributed by atoms with Crippen molar-refractivity contribution < 1.29 is 18.7 Å². The molecule has 6 heteroatoms. The molecule has 1 aliphatic heterocycles. The first-order valence-electron chi connectivity index (χ1n) is 10.4. The van der Waals surface area contributed by atoms with E-state index in [4.69, 9.17) is 4.74 Å². The van der Waals surface area contributed by atoms with Crippen molar-refractivity contribution in [2.45, 2.75) is 32.7 Å². The van der Waals surface area contributed by atoms with Crippen molar-refractivity contribution in [2.24, 2.45) is 5.92 Å². The quantitative estimate of drug-likeness (QED) is 0.673. The van der Waals surface area contributed by atoms with E-state index < -0.39 is 0 Å². The Balaban J connectivity index is 1.47. The molecule has 1 aliphatic rings. The summed E-state index contributed by atoms with van der Waals surface area (Å²) < 4.78 is 19.1. The van der Waals surface area contributed by atoms with Crippen molar-refractivity contribution in [3.8, 4) is 5.75 Å². The van der Waals surface area contributed by atoms with Gasteiger partial charge in [0.15, 0.2) is 5.78 Å². The molecule has 1 saturated heterocycles. The normalized spacial score (nSPS) is 15.0. The molecule has 0 atom stereocenters. The van der Waals surface area contributed by atoms with Gasteiger partial charge in [-0.1, -0.05) is 18.2 Å². The van der Waals surface area contributed by atoms with Gasteiger partial charge in [0.2, 0.25) is 5.91 Å². The third-order valence-electron chi connectivity index (χ3n) is 5.69. The number of ether oxygens (including phenoxy) is 1. The second-order valence-electron chi connectivity index (χ2n) is 7.77. The zero-order valence-corrected chi connectivity index (χ0v) is 17.6. The Labute approximate surface area is 177 Å². The lowest BCUT2D eigenvalue weighted by atomic mass is 9.95. The van der Waals surface area contributed by atoms with Gasteiger partial charge in [-0.25, -0.2) is 4.39 Å². The van der Waals surface area contributed by atoms with Gasteiger partial charge in [0.25, 0.3) is 0 Å². The second kappa shape index (κ2) is 10.3. The highest BCUT2D eigenvalue weighted by Crippen LogP contribution is 2.25. The minimum atomic E-state index is -0.232. The van der Waals surface area contributed by atoms with Crippen molar-refractivity contribution in [3.63, 3.8) is 0 Å². The smallest absolute Gasteiger partial charge is 0.223 e. The average Bonchev–Trinajstić information content (AvgIpc) is 2.75. The molecule has 1 N–H and O–H groups in total. The minimum absolute atomic E-state index is 0.0210. The number of halogens is 1. The summed E-state index contributed by atoms with van der Waals surface area (Å²) in [5, 5.41) is 2.95. The number of hydrogen-bond donors (Lipinski definition) is 1. The third-order valence-corrected chi connectivity index (χ3v) is 5.69. The topological polar surface area (TPSA) is 58.6 Å². The number of Topliss-reactive ketones (excluding diaryl/α,β-unsaturated/α-hetero) is 1. The lowest BCUT2D eigenvalue weighted by Gasteiger charge is -2.31. The maximum Gasteiger partial charge on any atom is 0.223 e. The Morgan fingerprint density at radius 3 is 2.53 bits per heavy atom. The van der Waals surface area contributed by atoms with Gasteiger partial charge in [0, 0.05) is 30.1 Å². The predicted molar refractivity (Wildman–Crippen MR) is 114 cm³/mol. The van der Waals surface area contributed by atoms with Gasteiger partial charge in [-0.2, -0.15) is 0 Å². The monoisotopic (exact) mass is 412 g/mol. The van der Waals surface area contributed by atoms with E-state index in [1.807, 2.05) is 12.1 Å². The fraction of sp³-hybridized carbons (Fsp3) is 0.417. The molecule has 0 bridgehead atoms. The van der Waals surface area contributed by atoms with E-state index in [-0.39, 0.29) is 23.4 Å². The zero-order chi connectivity index (χ0) is 21.5. The largest absolute Gasteiger partial charge is 0.496 e. The molecule has 2 aromatic carbocycles. The molecule has 1 amide bonds. The third kappa shape index (κ3) is 5.66. The van der Waals surface area contributed by atoms with E-state index in [0.717, 1.165) is 37.2 Å². The van der Waals surface area contributed by atoms with Crippen LogP contribution in [0.4, 0.5) is 4.39 Å². The fourth-order valence-electron chi connectivity index (χ4n) is 3.88. The summed E-state index contributed by atoms with van der Waals surface area (Å²) in [5.74, 6) is 0.594. The summed E-state index contributed by atoms with van der Waals surface area (Å²) >= 11 is 0. The van der Waals surface area contributed by atoms with Crippen LogP contribution in [0.2, 0.25) is 0 Å². The van der Waals surface area contributed by atoms with Gasteiger partial charge in [-0.3, -0.25) is 14.5 Å². The molecule has 0 spiro atoms. The van der Waals surface area contributed by atoms with E-state index in [1.54, 1.807) is 38.3 Å². The molecule has 0 aliphatic carbocycles. The molecule has 3 rings (SSSR count). The van der Waals surface area contributed by atoms with Gasteiger partial charge in [0.05, 0.1) is 7.11 Å². The first kappa shape index (κ1) is 22.0. The zero-order valence-electron chi connectivity index (χ0n) is 17.6. The number of ketones is 1. The highest BCUT2D eigenvalue weighted by atomic mass is 19.1. The molecular weight excluding hydrogens is 383 g/mol. The number of carbonyl (C=O) groups is 2. The second-order valence-corrected chi connectivity index (χ2v) is 7.77. The molecule has 1 fully saturated rings. The Kier molecular flexibility index (Phi) is 7.57. The maximum absolute atomic E-state index is 13.7. The van der Waals surface area contributed by atoms with Crippen molar-refractivity contribution >= 4 is 11.7 Å². The fourth-order valence-corrected chi connectivity index (χ4v) is 3.88. The molecule has 5 nitrogen and oxygen atoms in total. The standard InChI is InChI=1S/C24H29FN2O3/c1-17(28)20-7-8-23(30-2)21(15-20)16-27-13-10-19(11-14-27)24(29)26-12-9-18-5-3-4-6-22(18)25/h3-8,15,19H,9-14,16H2,1-2H3,(H,26,29). The van der Waals surface area contributed by atoms with Gasteiger partial charge < -0.3 is 10.1 Å². The first-order valence-corrected chi connectivity index (χ1v) is 10.4. The van der Waals surface area contributed by atoms with Crippen molar-refractivity contribution in [1.82, 2.24) is 10.2 Å². The summed E-state index contributed by atoms with van der Waals surface area (Å²) in [6, 6.07) is 12.2. The van der Waals surface area contributed by atoms with E-state index in [0.29, 0.717) is 30.6 Å². The number of rotatable bonds is 8. The lowest BCUT2D eigenvalue weighted by molar-refractivity contribution is -0.126. The van der Waals surface area contributed by atoms with Crippen LogP contribution >= 0.6 is 0 Å². The number of likely N-dealkylation sites (tertiary alicyclic amines) is 1. The highest BCUT2D eigenvalue weighted by Gasteiger charge is 2.25. The number of amides is 1.